The molecule has 1 unspecified atom stereocenters. The first kappa shape index (κ1) is 23.9. The summed E-state index contributed by atoms with van der Waals surface area (Å²) < 4.78 is 42.4. The third-order valence-electron chi connectivity index (χ3n) is 4.81. The van der Waals surface area contributed by atoms with E-state index in [1.165, 1.54) is 36.9 Å². The van der Waals surface area contributed by atoms with Crippen LogP contribution in [0.25, 0.3) is 0 Å². The highest BCUT2D eigenvalue weighted by molar-refractivity contribution is 7.89. The molecule has 0 bridgehead atoms. The van der Waals surface area contributed by atoms with E-state index >= 15 is 0 Å². The number of nitrogens with one attached hydrogen (secondary N) is 2. The molecule has 0 spiro atoms. The van der Waals surface area contributed by atoms with Gasteiger partial charge in [0.05, 0.1) is 5.69 Å². The number of aryl methyl sites for hydroxylation is 2. The molecule has 174 valence electrons. The summed E-state index contributed by atoms with van der Waals surface area (Å²) in [6, 6.07) is 4.42. The Morgan fingerprint density at radius 1 is 1.34 bits per heavy atom. The molecule has 2 aromatic rings. The van der Waals surface area contributed by atoms with Crippen molar-refractivity contribution in [3.05, 3.63) is 40.9 Å². The molecule has 1 atom stereocenters. The van der Waals surface area contributed by atoms with E-state index in [1.807, 2.05) is 0 Å². The molecule has 1 aliphatic rings. The number of carbonyl (C=O) groups excluding carboxylic acids is 2. The standard InChI is InChI=1S/C18H23ClFN7O4S/c1-11-14(15(19)25(2)24-11)32(30,31)27-9-8-26(17(27)16(28)22-7-6-21)18(29)23-13-5-3-4-12(20)10-13/h3-5,10,17H,6-9,21H2,1-2H3,(H,22,28)(H,23,29). The van der Waals surface area contributed by atoms with Gasteiger partial charge in [0.2, 0.25) is 10.0 Å². The number of aromatic nitrogens is 2. The van der Waals surface area contributed by atoms with Crippen LogP contribution in [0.4, 0.5) is 14.9 Å². The first-order valence-electron chi connectivity index (χ1n) is 9.59. The smallest absolute Gasteiger partial charge is 0.323 e. The van der Waals surface area contributed by atoms with Gasteiger partial charge in [0.25, 0.3) is 5.91 Å². The van der Waals surface area contributed by atoms with Gasteiger partial charge in [-0.25, -0.2) is 17.6 Å². The van der Waals surface area contributed by atoms with Crippen molar-refractivity contribution in [3.8, 4) is 0 Å². The lowest BCUT2D eigenvalue weighted by atomic mass is 10.3. The van der Waals surface area contributed by atoms with Gasteiger partial charge in [-0.05, 0) is 25.1 Å². The van der Waals surface area contributed by atoms with Crippen molar-refractivity contribution >= 4 is 39.2 Å². The maximum absolute atomic E-state index is 13.5. The van der Waals surface area contributed by atoms with E-state index in [9.17, 15) is 22.4 Å². The number of amides is 3. The summed E-state index contributed by atoms with van der Waals surface area (Å²) >= 11 is 6.16. The Hall–Kier alpha value is -2.74. The fraction of sp³-hybridized carbons (Fsp3) is 0.389. The number of hydrogen-bond acceptors (Lipinski definition) is 6. The Labute approximate surface area is 189 Å². The van der Waals surface area contributed by atoms with Gasteiger partial charge >= 0.3 is 6.03 Å². The van der Waals surface area contributed by atoms with E-state index in [-0.39, 0.29) is 47.6 Å². The van der Waals surface area contributed by atoms with E-state index in [0.29, 0.717) is 0 Å². The van der Waals surface area contributed by atoms with Crippen molar-refractivity contribution in [3.63, 3.8) is 0 Å². The zero-order valence-corrected chi connectivity index (χ0v) is 19.0. The van der Waals surface area contributed by atoms with Crippen LogP contribution < -0.4 is 16.4 Å². The van der Waals surface area contributed by atoms with Crippen LogP contribution in [-0.4, -0.2) is 71.7 Å². The van der Waals surface area contributed by atoms with Crippen molar-refractivity contribution in [2.75, 3.05) is 31.5 Å². The fourth-order valence-electron chi connectivity index (χ4n) is 3.41. The van der Waals surface area contributed by atoms with Gasteiger partial charge in [0.15, 0.2) is 6.17 Å². The molecule has 14 heteroatoms. The molecule has 11 nitrogen and oxygen atoms in total. The lowest BCUT2D eigenvalue weighted by Gasteiger charge is -2.28. The van der Waals surface area contributed by atoms with Crippen molar-refractivity contribution < 1.29 is 22.4 Å². The van der Waals surface area contributed by atoms with Gasteiger partial charge in [0.1, 0.15) is 15.9 Å². The summed E-state index contributed by atoms with van der Waals surface area (Å²) in [7, 11) is -2.81. The van der Waals surface area contributed by atoms with Gasteiger partial charge in [0, 0.05) is 38.9 Å². The topological polar surface area (TPSA) is 143 Å². The van der Waals surface area contributed by atoms with Crippen molar-refractivity contribution in [1.82, 2.24) is 24.3 Å². The van der Waals surface area contributed by atoms with Crippen LogP contribution in [-0.2, 0) is 21.9 Å². The van der Waals surface area contributed by atoms with Gasteiger partial charge in [-0.3, -0.25) is 14.4 Å². The molecule has 0 radical (unpaired) electrons. The summed E-state index contributed by atoms with van der Waals surface area (Å²) in [5.74, 6) is -1.30. The number of urea groups is 1. The highest BCUT2D eigenvalue weighted by atomic mass is 35.5. The highest BCUT2D eigenvalue weighted by Crippen LogP contribution is 2.31. The van der Waals surface area contributed by atoms with E-state index in [0.717, 1.165) is 15.3 Å². The number of hydrogen-bond donors (Lipinski definition) is 3. The number of nitrogens with zero attached hydrogens (tertiary/aromatic N) is 4. The van der Waals surface area contributed by atoms with Crippen LogP contribution in [0, 0.1) is 12.7 Å². The van der Waals surface area contributed by atoms with Crippen LogP contribution in [0.5, 0.6) is 0 Å². The largest absolute Gasteiger partial charge is 0.352 e. The van der Waals surface area contributed by atoms with Gasteiger partial charge < -0.3 is 16.4 Å². The number of halogens is 2. The van der Waals surface area contributed by atoms with Crippen molar-refractivity contribution in [1.29, 1.82) is 0 Å². The Morgan fingerprint density at radius 2 is 2.06 bits per heavy atom. The molecule has 1 saturated heterocycles. The molecule has 0 aliphatic carbocycles. The Morgan fingerprint density at radius 3 is 2.66 bits per heavy atom. The molecule has 1 aliphatic heterocycles. The summed E-state index contributed by atoms with van der Waals surface area (Å²) in [5.41, 5.74) is 5.75. The minimum Gasteiger partial charge on any atom is -0.352 e. The molecular formula is C18H23ClFN7O4S. The SMILES string of the molecule is Cc1nn(C)c(Cl)c1S(=O)(=O)N1CCN(C(=O)Nc2cccc(F)c2)C1C(=O)NCCN. The lowest BCUT2D eigenvalue weighted by molar-refractivity contribution is -0.127. The molecule has 3 amide bonds. The summed E-state index contributed by atoms with van der Waals surface area (Å²) in [4.78, 5) is 26.6. The maximum Gasteiger partial charge on any atom is 0.323 e. The van der Waals surface area contributed by atoms with Crippen LogP contribution in [0.1, 0.15) is 5.69 Å². The van der Waals surface area contributed by atoms with Crippen LogP contribution in [0.15, 0.2) is 29.2 Å². The van der Waals surface area contributed by atoms with Gasteiger partial charge in [-0.1, -0.05) is 17.7 Å². The van der Waals surface area contributed by atoms with Crippen molar-refractivity contribution in [2.24, 2.45) is 12.8 Å². The molecule has 4 N–H and O–H groups in total. The third kappa shape index (κ3) is 4.55. The second-order valence-corrected chi connectivity index (χ2v) is 9.22. The van der Waals surface area contributed by atoms with Gasteiger partial charge in [-0.2, -0.15) is 9.40 Å². The summed E-state index contributed by atoms with van der Waals surface area (Å²) in [6.07, 6.45) is -1.50. The molecule has 0 saturated carbocycles. The van der Waals surface area contributed by atoms with E-state index in [1.54, 1.807) is 0 Å². The van der Waals surface area contributed by atoms with E-state index in [4.69, 9.17) is 17.3 Å². The maximum atomic E-state index is 13.5. The van der Waals surface area contributed by atoms with E-state index < -0.39 is 33.9 Å². The quantitative estimate of drug-likeness (QED) is 0.540. The lowest BCUT2D eigenvalue weighted by Crippen LogP contribution is -2.55. The van der Waals surface area contributed by atoms with Crippen molar-refractivity contribution in [2.45, 2.75) is 18.0 Å². The number of rotatable bonds is 6. The molecule has 32 heavy (non-hydrogen) atoms. The van der Waals surface area contributed by atoms with Crippen LogP contribution >= 0.6 is 11.6 Å². The molecule has 1 fully saturated rings. The molecule has 1 aromatic carbocycles. The Bertz CT molecular complexity index is 1140. The predicted molar refractivity (Wildman–Crippen MR) is 115 cm³/mol. The minimum absolute atomic E-state index is 0.0786. The van der Waals surface area contributed by atoms with Crippen LogP contribution in [0.3, 0.4) is 0 Å². The predicted octanol–water partition coefficient (Wildman–Crippen LogP) is 0.460. The second-order valence-electron chi connectivity index (χ2n) is 7.03. The highest BCUT2D eigenvalue weighted by Gasteiger charge is 2.48. The summed E-state index contributed by atoms with van der Waals surface area (Å²) in [5, 5.41) is 8.90. The molecule has 2 heterocycles. The number of nitrogens with two attached hydrogens (primary N) is 1. The average Bonchev–Trinajstić information content (AvgIpc) is 3.28. The number of anilines is 1. The summed E-state index contributed by atoms with van der Waals surface area (Å²) in [6.45, 7) is 1.43. The number of sulfonamides is 1. The minimum atomic E-state index is -4.30. The Kier molecular flexibility index (Phi) is 7.03. The molecule has 1 aromatic heterocycles. The zero-order valence-electron chi connectivity index (χ0n) is 17.4. The normalized spacial score (nSPS) is 16.9. The number of carbonyl (C=O) groups is 2. The van der Waals surface area contributed by atoms with E-state index in [2.05, 4.69) is 15.7 Å². The first-order chi connectivity index (χ1) is 15.1. The first-order valence-corrected chi connectivity index (χ1v) is 11.4. The third-order valence-corrected chi connectivity index (χ3v) is 7.36. The monoisotopic (exact) mass is 487 g/mol. The average molecular weight is 488 g/mol. The zero-order chi connectivity index (χ0) is 23.6. The molecule has 3 rings (SSSR count). The second kappa shape index (κ2) is 9.40. The molecular weight excluding hydrogens is 465 g/mol. The fourth-order valence-corrected chi connectivity index (χ4v) is 5.67. The number of benzene rings is 1. The Balaban J connectivity index is 1.96. The van der Waals surface area contributed by atoms with Gasteiger partial charge in [-0.15, -0.1) is 0 Å². The van der Waals surface area contributed by atoms with Crippen LogP contribution in [0.2, 0.25) is 5.15 Å².